The summed E-state index contributed by atoms with van der Waals surface area (Å²) in [4.78, 5) is 10.2. The first-order chi connectivity index (χ1) is 5.07. The van der Waals surface area contributed by atoms with E-state index < -0.39 is 12.0 Å². The highest BCUT2D eigenvalue weighted by Crippen LogP contribution is 2.05. The van der Waals surface area contributed by atoms with Crippen molar-refractivity contribution in [2.75, 3.05) is 6.54 Å². The summed E-state index contributed by atoms with van der Waals surface area (Å²) in [6.07, 6.45) is 0.923. The largest absolute Gasteiger partial charge is 0.480 e. The van der Waals surface area contributed by atoms with Crippen molar-refractivity contribution in [3.8, 4) is 0 Å². The zero-order valence-corrected chi connectivity index (χ0v) is 6.92. The molecule has 0 bridgehead atoms. The van der Waals surface area contributed by atoms with Gasteiger partial charge in [-0.3, -0.25) is 4.79 Å². The molecule has 0 aromatic carbocycles. The Balaban J connectivity index is 3.45. The fourth-order valence-corrected chi connectivity index (χ4v) is 0.728. The molecule has 2 unspecified atom stereocenters. The summed E-state index contributed by atoms with van der Waals surface area (Å²) in [5, 5.41) is 8.20. The third kappa shape index (κ3) is 5.01. The molecule has 0 amide bonds. The van der Waals surface area contributed by atoms with Gasteiger partial charge < -0.3 is 16.6 Å². The van der Waals surface area contributed by atoms with Gasteiger partial charge in [-0.25, -0.2) is 0 Å². The van der Waals surface area contributed by atoms with Gasteiger partial charge in [-0.1, -0.05) is 0 Å². The molecule has 5 N–H and O–H groups in total. The van der Waals surface area contributed by atoms with Gasteiger partial charge in [0.2, 0.25) is 0 Å². The van der Waals surface area contributed by atoms with Crippen molar-refractivity contribution in [3.63, 3.8) is 0 Å². The van der Waals surface area contributed by atoms with Crippen LogP contribution in [-0.4, -0.2) is 29.0 Å². The smallest absolute Gasteiger partial charge is 0.320 e. The van der Waals surface area contributed by atoms with Crippen molar-refractivity contribution < 1.29 is 9.90 Å². The number of carboxylic acid groups (broad SMARTS) is 1. The van der Waals surface area contributed by atoms with Crippen LogP contribution in [0.2, 0.25) is 0 Å². The number of hydrogen-bond acceptors (Lipinski definition) is 3. The fourth-order valence-electron chi connectivity index (χ4n) is 0.602. The fraction of sp³-hybridized carbons (Fsp3) is 0.833. The van der Waals surface area contributed by atoms with Gasteiger partial charge in [0, 0.05) is 11.9 Å². The van der Waals surface area contributed by atoms with Crippen molar-refractivity contribution in [1.29, 1.82) is 0 Å². The second kappa shape index (κ2) is 5.35. The summed E-state index contributed by atoms with van der Waals surface area (Å²) in [6.45, 7) is 0.355. The van der Waals surface area contributed by atoms with Gasteiger partial charge in [0.1, 0.15) is 6.04 Å². The van der Waals surface area contributed by atoms with Crippen LogP contribution in [-0.2, 0) is 4.79 Å². The van der Waals surface area contributed by atoms with E-state index in [2.05, 4.69) is 0 Å². The van der Waals surface area contributed by atoms with E-state index in [-0.39, 0.29) is 5.38 Å². The molecule has 0 aromatic rings. The highest BCUT2D eigenvalue weighted by molar-refractivity contribution is 6.20. The molecule has 0 aromatic heterocycles. The van der Waals surface area contributed by atoms with Crippen LogP contribution >= 0.6 is 11.6 Å². The molecule has 0 aliphatic rings. The van der Waals surface area contributed by atoms with Crippen LogP contribution in [0.4, 0.5) is 0 Å². The molecule has 11 heavy (non-hydrogen) atoms. The molecule has 0 spiro atoms. The lowest BCUT2D eigenvalue weighted by molar-refractivity contribution is -0.138. The van der Waals surface area contributed by atoms with Gasteiger partial charge in [-0.2, -0.15) is 0 Å². The highest BCUT2D eigenvalue weighted by atomic mass is 35.5. The van der Waals surface area contributed by atoms with Gasteiger partial charge in [0.05, 0.1) is 0 Å². The Bertz CT molecular complexity index is 132. The van der Waals surface area contributed by atoms with Crippen LogP contribution in [0.5, 0.6) is 0 Å². The maximum atomic E-state index is 10.2. The summed E-state index contributed by atoms with van der Waals surface area (Å²) < 4.78 is 0. The molecule has 0 saturated heterocycles. The first kappa shape index (κ1) is 10.7. The highest BCUT2D eigenvalue weighted by Gasteiger charge is 2.12. The molecular formula is C6H13ClN2O2. The van der Waals surface area contributed by atoms with Gasteiger partial charge in [-0.05, 0) is 12.8 Å². The number of nitrogens with two attached hydrogens (primary N) is 2. The summed E-state index contributed by atoms with van der Waals surface area (Å²) >= 11 is 5.64. The predicted octanol–water partition coefficient (Wildman–Crippen LogP) is -0.255. The zero-order chi connectivity index (χ0) is 8.85. The average Bonchev–Trinajstić information content (AvgIpc) is 1.99. The topological polar surface area (TPSA) is 89.3 Å². The molecule has 2 atom stereocenters. The molecular weight excluding hydrogens is 168 g/mol. The molecule has 0 fully saturated rings. The standard InChI is InChI=1S/C6H13ClN2O2/c7-4(3-8)1-2-5(9)6(10)11/h4-5H,1-3,8-9H2,(H,10,11). The SMILES string of the molecule is NCC(Cl)CCC(N)C(=O)O. The second-order valence-electron chi connectivity index (χ2n) is 2.36. The minimum Gasteiger partial charge on any atom is -0.480 e. The lowest BCUT2D eigenvalue weighted by Crippen LogP contribution is -2.31. The van der Waals surface area contributed by atoms with E-state index >= 15 is 0 Å². The quantitative estimate of drug-likeness (QED) is 0.509. The third-order valence-corrected chi connectivity index (χ3v) is 1.76. The lowest BCUT2D eigenvalue weighted by Gasteiger charge is -2.08. The number of rotatable bonds is 5. The van der Waals surface area contributed by atoms with Crippen molar-refractivity contribution in [2.24, 2.45) is 11.5 Å². The number of carboxylic acids is 1. The summed E-state index contributed by atoms with van der Waals surface area (Å²) in [7, 11) is 0. The number of halogens is 1. The number of alkyl halides is 1. The molecule has 0 aliphatic heterocycles. The lowest BCUT2D eigenvalue weighted by atomic mass is 10.1. The van der Waals surface area contributed by atoms with Crippen LogP contribution in [0.3, 0.4) is 0 Å². The van der Waals surface area contributed by atoms with E-state index in [1.807, 2.05) is 0 Å². The molecule has 0 radical (unpaired) electrons. The van der Waals surface area contributed by atoms with Crippen LogP contribution < -0.4 is 11.5 Å². The Morgan fingerprint density at radius 1 is 1.55 bits per heavy atom. The number of carbonyl (C=O) groups is 1. The molecule has 0 aliphatic carbocycles. The minimum atomic E-state index is -0.995. The van der Waals surface area contributed by atoms with Crippen LogP contribution in [0, 0.1) is 0 Å². The van der Waals surface area contributed by atoms with Gasteiger partial charge >= 0.3 is 5.97 Å². The predicted molar refractivity (Wildman–Crippen MR) is 43.5 cm³/mol. The van der Waals surface area contributed by atoms with Gasteiger partial charge in [-0.15, -0.1) is 11.6 Å². The van der Waals surface area contributed by atoms with Crippen LogP contribution in [0.15, 0.2) is 0 Å². The zero-order valence-electron chi connectivity index (χ0n) is 6.16. The van der Waals surface area contributed by atoms with E-state index in [1.165, 1.54) is 0 Å². The number of hydrogen-bond donors (Lipinski definition) is 3. The second-order valence-corrected chi connectivity index (χ2v) is 2.97. The number of aliphatic carboxylic acids is 1. The molecule has 0 heterocycles. The normalized spacial score (nSPS) is 15.9. The molecule has 4 nitrogen and oxygen atoms in total. The van der Waals surface area contributed by atoms with Crippen molar-refractivity contribution in [2.45, 2.75) is 24.3 Å². The van der Waals surface area contributed by atoms with Gasteiger partial charge in [0.15, 0.2) is 0 Å². The Hall–Kier alpha value is -0.320. The maximum absolute atomic E-state index is 10.2. The Kier molecular flexibility index (Phi) is 5.19. The molecule has 0 saturated carbocycles. The van der Waals surface area contributed by atoms with Crippen molar-refractivity contribution >= 4 is 17.6 Å². The average molecular weight is 181 g/mol. The van der Waals surface area contributed by atoms with E-state index in [9.17, 15) is 4.79 Å². The Morgan fingerprint density at radius 3 is 2.45 bits per heavy atom. The first-order valence-electron chi connectivity index (χ1n) is 3.40. The van der Waals surface area contributed by atoms with E-state index in [1.54, 1.807) is 0 Å². The molecule has 66 valence electrons. The first-order valence-corrected chi connectivity index (χ1v) is 3.84. The summed E-state index contributed by atoms with van der Waals surface area (Å²) in [6, 6.07) is -0.817. The molecule has 0 rings (SSSR count). The van der Waals surface area contributed by atoms with Gasteiger partial charge in [0.25, 0.3) is 0 Å². The van der Waals surface area contributed by atoms with E-state index in [0.29, 0.717) is 19.4 Å². The van der Waals surface area contributed by atoms with Crippen LogP contribution in [0.25, 0.3) is 0 Å². The van der Waals surface area contributed by atoms with Crippen LogP contribution in [0.1, 0.15) is 12.8 Å². The van der Waals surface area contributed by atoms with E-state index in [0.717, 1.165) is 0 Å². The Morgan fingerprint density at radius 2 is 2.09 bits per heavy atom. The third-order valence-electron chi connectivity index (χ3n) is 1.36. The summed E-state index contributed by atoms with van der Waals surface area (Å²) in [5.41, 5.74) is 10.4. The van der Waals surface area contributed by atoms with Crippen molar-refractivity contribution in [3.05, 3.63) is 0 Å². The Labute approximate surface area is 70.5 Å². The maximum Gasteiger partial charge on any atom is 0.320 e. The summed E-state index contributed by atoms with van der Waals surface area (Å²) in [5.74, 6) is -0.995. The van der Waals surface area contributed by atoms with E-state index in [4.69, 9.17) is 28.2 Å². The monoisotopic (exact) mass is 180 g/mol. The van der Waals surface area contributed by atoms with Crippen molar-refractivity contribution in [1.82, 2.24) is 0 Å². The minimum absolute atomic E-state index is 0.166. The molecule has 5 heteroatoms.